The molecule has 0 radical (unpaired) electrons. The zero-order valence-electron chi connectivity index (χ0n) is 17.3. The van der Waals surface area contributed by atoms with Crippen LogP contribution in [0, 0.1) is 5.41 Å². The zero-order chi connectivity index (χ0) is 19.0. The highest BCUT2D eigenvalue weighted by Crippen LogP contribution is 2.46. The Morgan fingerprint density at radius 3 is 2.42 bits per heavy atom. The van der Waals surface area contributed by atoms with Gasteiger partial charge in [0.1, 0.15) is 5.76 Å². The molecular weight excluding hydrogens is 340 g/mol. The molecule has 3 nitrogen and oxygen atoms in total. The maximum atomic E-state index is 6.33. The van der Waals surface area contributed by atoms with Gasteiger partial charge in [-0.25, -0.2) is 4.99 Å². The van der Waals surface area contributed by atoms with Crippen molar-refractivity contribution in [3.63, 3.8) is 0 Å². The Morgan fingerprint density at radius 1 is 1.27 bits per heavy atom. The lowest BCUT2D eigenvalue weighted by Crippen LogP contribution is -2.44. The van der Waals surface area contributed by atoms with Crippen molar-refractivity contribution in [1.29, 1.82) is 0 Å². The minimum atomic E-state index is -0.0848. The molecule has 1 saturated heterocycles. The summed E-state index contributed by atoms with van der Waals surface area (Å²) in [7, 11) is 0. The number of rotatable bonds is 8. The highest BCUT2D eigenvalue weighted by atomic mass is 32.2. The number of hydrogen-bond donors (Lipinski definition) is 1. The van der Waals surface area contributed by atoms with E-state index < -0.39 is 0 Å². The average molecular weight is 377 g/mol. The maximum Gasteiger partial charge on any atom is 0.107 e. The molecule has 0 amide bonds. The molecule has 0 spiro atoms. The van der Waals surface area contributed by atoms with E-state index in [-0.39, 0.29) is 5.41 Å². The molecule has 2 fully saturated rings. The number of piperidine rings is 1. The Kier molecular flexibility index (Phi) is 8.49. The molecule has 2 aliphatic rings. The Hall–Kier alpha value is -1.00. The SMILES string of the molecule is C\C=C/C(=N/C(SC)=C(\C)CC)C1(C(OCC)=C2CCC2)CCNCC1. The van der Waals surface area contributed by atoms with Gasteiger partial charge in [-0.2, -0.15) is 0 Å². The van der Waals surface area contributed by atoms with Crippen molar-refractivity contribution in [2.75, 3.05) is 26.0 Å². The molecule has 1 aliphatic carbocycles. The van der Waals surface area contributed by atoms with Gasteiger partial charge in [0.2, 0.25) is 0 Å². The highest BCUT2D eigenvalue weighted by Gasteiger charge is 2.43. The van der Waals surface area contributed by atoms with Gasteiger partial charge in [-0.05, 0) is 95.9 Å². The number of aliphatic imine (C=N–C) groups is 1. The van der Waals surface area contributed by atoms with Crippen molar-refractivity contribution in [3.8, 4) is 0 Å². The van der Waals surface area contributed by atoms with Crippen LogP contribution in [0.25, 0.3) is 0 Å². The molecule has 146 valence electrons. The molecule has 1 saturated carbocycles. The van der Waals surface area contributed by atoms with Gasteiger partial charge in [0.05, 0.1) is 22.8 Å². The molecule has 26 heavy (non-hydrogen) atoms. The van der Waals surface area contributed by atoms with E-state index in [9.17, 15) is 0 Å². The number of allylic oxidation sites excluding steroid dienone is 5. The van der Waals surface area contributed by atoms with E-state index in [2.05, 4.69) is 51.4 Å². The molecule has 0 bridgehead atoms. The normalized spacial score (nSPS) is 21.4. The standard InChI is InChI=1S/C22H36N2OS/c1-6-10-19(24-21(26-5)17(4)7-2)22(13-15-23-16-14-22)20(25-8-3)18-11-9-12-18/h6,10,23H,7-9,11-16H2,1-5H3/b10-6-,21-17-,24-19-. The topological polar surface area (TPSA) is 33.6 Å². The second kappa shape index (κ2) is 10.4. The van der Waals surface area contributed by atoms with Gasteiger partial charge in [-0.1, -0.05) is 13.0 Å². The van der Waals surface area contributed by atoms with Crippen LogP contribution in [-0.2, 0) is 4.74 Å². The quantitative estimate of drug-likeness (QED) is 0.426. The molecule has 0 aromatic carbocycles. The van der Waals surface area contributed by atoms with Gasteiger partial charge >= 0.3 is 0 Å². The first-order valence-corrected chi connectivity index (χ1v) is 11.4. The van der Waals surface area contributed by atoms with Gasteiger partial charge < -0.3 is 10.1 Å². The van der Waals surface area contributed by atoms with Crippen LogP contribution >= 0.6 is 11.8 Å². The Morgan fingerprint density at radius 2 is 1.96 bits per heavy atom. The molecule has 1 N–H and O–H groups in total. The Balaban J connectivity index is 2.61. The van der Waals surface area contributed by atoms with Crippen molar-refractivity contribution in [2.24, 2.45) is 10.4 Å². The first kappa shape index (κ1) is 21.3. The lowest BCUT2D eigenvalue weighted by atomic mass is 9.69. The van der Waals surface area contributed by atoms with Crippen LogP contribution in [0.15, 0.2) is 39.1 Å². The van der Waals surface area contributed by atoms with E-state index in [0.717, 1.165) is 44.0 Å². The Labute approximate surface area is 164 Å². The predicted molar refractivity (Wildman–Crippen MR) is 116 cm³/mol. The van der Waals surface area contributed by atoms with E-state index in [1.54, 1.807) is 11.8 Å². The zero-order valence-corrected chi connectivity index (χ0v) is 18.1. The van der Waals surface area contributed by atoms with E-state index >= 15 is 0 Å². The molecule has 1 aliphatic heterocycles. The van der Waals surface area contributed by atoms with Crippen molar-refractivity contribution in [3.05, 3.63) is 34.1 Å². The van der Waals surface area contributed by atoms with Gasteiger partial charge in [0.25, 0.3) is 0 Å². The summed E-state index contributed by atoms with van der Waals surface area (Å²) in [5.41, 5.74) is 3.98. The summed E-state index contributed by atoms with van der Waals surface area (Å²) in [6, 6.07) is 0. The monoisotopic (exact) mass is 376 g/mol. The third-order valence-corrected chi connectivity index (χ3v) is 6.41. The molecule has 0 unspecified atom stereocenters. The number of nitrogens with one attached hydrogen (secondary N) is 1. The van der Waals surface area contributed by atoms with Gasteiger partial charge in [0.15, 0.2) is 0 Å². The molecular formula is C22H36N2OS. The van der Waals surface area contributed by atoms with Crippen molar-refractivity contribution in [1.82, 2.24) is 5.32 Å². The third kappa shape index (κ3) is 4.64. The van der Waals surface area contributed by atoms with Crippen LogP contribution in [-0.4, -0.2) is 31.7 Å². The summed E-state index contributed by atoms with van der Waals surface area (Å²) in [5, 5.41) is 4.70. The minimum absolute atomic E-state index is 0.0848. The molecule has 0 atom stereocenters. The van der Waals surface area contributed by atoms with E-state index in [0.29, 0.717) is 0 Å². The smallest absolute Gasteiger partial charge is 0.107 e. The third-order valence-electron chi connectivity index (χ3n) is 5.58. The van der Waals surface area contributed by atoms with Gasteiger partial charge in [-0.3, -0.25) is 0 Å². The first-order chi connectivity index (χ1) is 12.6. The highest BCUT2D eigenvalue weighted by molar-refractivity contribution is 8.02. The molecule has 0 aromatic rings. The molecule has 0 aromatic heterocycles. The van der Waals surface area contributed by atoms with E-state index in [1.165, 1.54) is 41.9 Å². The van der Waals surface area contributed by atoms with Crippen molar-refractivity contribution < 1.29 is 4.74 Å². The van der Waals surface area contributed by atoms with Gasteiger partial charge in [0, 0.05) is 0 Å². The summed E-state index contributed by atoms with van der Waals surface area (Å²) in [6.07, 6.45) is 13.3. The second-order valence-corrected chi connectivity index (χ2v) is 7.99. The summed E-state index contributed by atoms with van der Waals surface area (Å²) in [5.74, 6) is 1.24. The molecule has 2 rings (SSSR count). The molecule has 4 heteroatoms. The first-order valence-electron chi connectivity index (χ1n) is 10.1. The number of nitrogens with zero attached hydrogens (tertiary/aromatic N) is 1. The summed E-state index contributed by atoms with van der Waals surface area (Å²) in [6.45, 7) is 11.4. The van der Waals surface area contributed by atoms with Crippen molar-refractivity contribution in [2.45, 2.75) is 66.2 Å². The van der Waals surface area contributed by atoms with E-state index in [4.69, 9.17) is 9.73 Å². The fourth-order valence-electron chi connectivity index (χ4n) is 3.79. The summed E-state index contributed by atoms with van der Waals surface area (Å²) < 4.78 is 6.33. The van der Waals surface area contributed by atoms with Crippen LogP contribution in [0.3, 0.4) is 0 Å². The second-order valence-electron chi connectivity index (χ2n) is 7.19. The number of hydrogen-bond acceptors (Lipinski definition) is 4. The average Bonchev–Trinajstić information content (AvgIpc) is 2.63. The minimum Gasteiger partial charge on any atom is -0.497 e. The fourth-order valence-corrected chi connectivity index (χ4v) is 4.48. The van der Waals surface area contributed by atoms with Gasteiger partial charge in [-0.15, -0.1) is 11.8 Å². The van der Waals surface area contributed by atoms with Crippen LogP contribution in [0.4, 0.5) is 0 Å². The largest absolute Gasteiger partial charge is 0.497 e. The van der Waals surface area contributed by atoms with Crippen LogP contribution in [0.1, 0.15) is 66.2 Å². The predicted octanol–water partition coefficient (Wildman–Crippen LogP) is 5.85. The lowest BCUT2D eigenvalue weighted by molar-refractivity contribution is 0.140. The molecule has 1 heterocycles. The number of ether oxygens (including phenoxy) is 1. The van der Waals surface area contributed by atoms with Crippen molar-refractivity contribution >= 4 is 17.5 Å². The van der Waals surface area contributed by atoms with E-state index in [1.807, 2.05) is 0 Å². The summed E-state index contributed by atoms with van der Waals surface area (Å²) >= 11 is 1.76. The van der Waals surface area contributed by atoms with Crippen LogP contribution in [0.2, 0.25) is 0 Å². The summed E-state index contributed by atoms with van der Waals surface area (Å²) in [4.78, 5) is 5.23. The van der Waals surface area contributed by atoms with Crippen LogP contribution < -0.4 is 5.32 Å². The maximum absolute atomic E-state index is 6.33. The lowest BCUT2D eigenvalue weighted by Gasteiger charge is -2.42. The fraction of sp³-hybridized carbons (Fsp3) is 0.682. The number of thioether (sulfide) groups is 1. The Bertz CT molecular complexity index is 589. The van der Waals surface area contributed by atoms with Crippen LogP contribution in [0.5, 0.6) is 0 Å².